The number of nitrogens with zero attached hydrogens (tertiary/aromatic N) is 1. The number of carbonyl (C=O) groups excluding carboxylic acids is 1. The van der Waals surface area contributed by atoms with Gasteiger partial charge in [-0.05, 0) is 43.1 Å². The van der Waals surface area contributed by atoms with Crippen molar-refractivity contribution in [2.75, 3.05) is 25.7 Å². The van der Waals surface area contributed by atoms with Gasteiger partial charge in [0.2, 0.25) is 12.7 Å². The number of aryl methyl sites for hydroxylation is 1. The van der Waals surface area contributed by atoms with Gasteiger partial charge in [-0.15, -0.1) is 0 Å². The third-order valence-electron chi connectivity index (χ3n) is 4.98. The molecule has 0 saturated carbocycles. The molecule has 0 radical (unpaired) electrons. The molecule has 1 amide bonds. The van der Waals surface area contributed by atoms with Gasteiger partial charge in [-0.1, -0.05) is 24.3 Å². The second kappa shape index (κ2) is 6.76. The zero-order valence-electron chi connectivity index (χ0n) is 14.3. The quantitative estimate of drug-likeness (QED) is 0.908. The smallest absolute Gasteiger partial charge is 0.231 e. The molecular weight excluding hydrogens is 316 g/mol. The summed E-state index contributed by atoms with van der Waals surface area (Å²) < 4.78 is 10.6. The van der Waals surface area contributed by atoms with Gasteiger partial charge in [-0.2, -0.15) is 0 Å². The van der Waals surface area contributed by atoms with Crippen molar-refractivity contribution in [2.45, 2.75) is 25.3 Å². The minimum atomic E-state index is 0.0111. The Balaban J connectivity index is 1.32. The molecule has 1 unspecified atom stereocenters. The van der Waals surface area contributed by atoms with Gasteiger partial charge in [0.15, 0.2) is 11.5 Å². The van der Waals surface area contributed by atoms with Crippen LogP contribution in [-0.4, -0.2) is 31.2 Å². The molecule has 0 fully saturated rings. The molecule has 1 aliphatic carbocycles. The van der Waals surface area contributed by atoms with E-state index in [1.54, 1.807) is 6.07 Å². The number of fused-ring (bicyclic) bond motifs is 2. The molecule has 0 aromatic heterocycles. The lowest BCUT2D eigenvalue weighted by atomic mass is 10.1. The van der Waals surface area contributed by atoms with Crippen LogP contribution < -0.4 is 14.8 Å². The van der Waals surface area contributed by atoms with Gasteiger partial charge in [0.05, 0.1) is 0 Å². The maximum atomic E-state index is 12.3. The Morgan fingerprint density at radius 3 is 2.96 bits per heavy atom. The van der Waals surface area contributed by atoms with Gasteiger partial charge in [0.1, 0.15) is 0 Å². The monoisotopic (exact) mass is 338 g/mol. The van der Waals surface area contributed by atoms with Crippen LogP contribution in [0.3, 0.4) is 0 Å². The van der Waals surface area contributed by atoms with Gasteiger partial charge >= 0.3 is 0 Å². The van der Waals surface area contributed by atoms with Gasteiger partial charge in [0, 0.05) is 30.8 Å². The lowest BCUT2D eigenvalue weighted by molar-refractivity contribution is -0.116. The molecule has 2 aromatic rings. The zero-order valence-corrected chi connectivity index (χ0v) is 14.3. The van der Waals surface area contributed by atoms with Crippen molar-refractivity contribution in [1.29, 1.82) is 0 Å². The van der Waals surface area contributed by atoms with Crippen molar-refractivity contribution in [1.82, 2.24) is 4.90 Å². The normalized spacial score (nSPS) is 17.6. The average molecular weight is 338 g/mol. The Kier molecular flexibility index (Phi) is 4.32. The van der Waals surface area contributed by atoms with Crippen LogP contribution >= 0.6 is 0 Å². The molecular formula is C20H22N2O3. The van der Waals surface area contributed by atoms with Gasteiger partial charge in [-0.3, -0.25) is 9.69 Å². The summed E-state index contributed by atoms with van der Waals surface area (Å²) in [7, 11) is 2.10. The highest BCUT2D eigenvalue weighted by molar-refractivity contribution is 5.91. The van der Waals surface area contributed by atoms with E-state index in [1.165, 1.54) is 11.1 Å². The summed E-state index contributed by atoms with van der Waals surface area (Å²) in [5, 5.41) is 2.94. The predicted molar refractivity (Wildman–Crippen MR) is 95.9 cm³/mol. The number of amides is 1. The summed E-state index contributed by atoms with van der Waals surface area (Å²) >= 11 is 0. The molecule has 5 nitrogen and oxygen atoms in total. The third-order valence-corrected chi connectivity index (χ3v) is 4.98. The molecule has 2 aliphatic rings. The standard InChI is InChI=1S/C20H22N2O3/c1-22(17-8-6-14-4-2-3-5-16(14)17)11-10-20(23)21-15-7-9-18-19(12-15)25-13-24-18/h2-5,7,9,12,17H,6,8,10-11,13H2,1H3,(H,21,23). The summed E-state index contributed by atoms with van der Waals surface area (Å²) in [5.74, 6) is 1.41. The summed E-state index contributed by atoms with van der Waals surface area (Å²) in [6.45, 7) is 0.968. The molecule has 1 aliphatic heterocycles. The predicted octanol–water partition coefficient (Wildman–Crippen LogP) is 3.36. The summed E-state index contributed by atoms with van der Waals surface area (Å²) in [6, 6.07) is 14.5. The van der Waals surface area contributed by atoms with Crippen LogP contribution in [0.25, 0.3) is 0 Å². The Labute approximate surface area is 147 Å². The SMILES string of the molecule is CN(CCC(=O)Nc1ccc2c(c1)OCO2)C1CCc2ccccc21. The van der Waals surface area contributed by atoms with Crippen LogP contribution in [0.15, 0.2) is 42.5 Å². The highest BCUT2D eigenvalue weighted by Crippen LogP contribution is 2.35. The number of rotatable bonds is 5. The first-order chi connectivity index (χ1) is 12.2. The first-order valence-electron chi connectivity index (χ1n) is 8.68. The fourth-order valence-electron chi connectivity index (χ4n) is 3.62. The molecule has 5 heteroatoms. The van der Waals surface area contributed by atoms with Gasteiger partial charge in [-0.25, -0.2) is 0 Å². The van der Waals surface area contributed by atoms with Crippen molar-refractivity contribution in [3.8, 4) is 11.5 Å². The lowest BCUT2D eigenvalue weighted by Gasteiger charge is -2.25. The number of benzene rings is 2. The van der Waals surface area contributed by atoms with Gasteiger partial charge < -0.3 is 14.8 Å². The average Bonchev–Trinajstić information content (AvgIpc) is 3.26. The number of hydrogen-bond acceptors (Lipinski definition) is 4. The zero-order chi connectivity index (χ0) is 17.2. The fourth-order valence-corrected chi connectivity index (χ4v) is 3.62. The first-order valence-corrected chi connectivity index (χ1v) is 8.68. The molecule has 2 aromatic carbocycles. The molecule has 0 saturated heterocycles. The van der Waals surface area contributed by atoms with Crippen molar-refractivity contribution < 1.29 is 14.3 Å². The highest BCUT2D eigenvalue weighted by atomic mass is 16.7. The number of ether oxygens (including phenoxy) is 2. The van der Waals surface area contributed by atoms with Crippen LogP contribution in [0.5, 0.6) is 11.5 Å². The van der Waals surface area contributed by atoms with Crippen LogP contribution in [0.2, 0.25) is 0 Å². The van der Waals surface area contributed by atoms with Crippen LogP contribution in [0.1, 0.15) is 30.0 Å². The molecule has 0 bridgehead atoms. The molecule has 1 N–H and O–H groups in total. The Morgan fingerprint density at radius 1 is 1.20 bits per heavy atom. The van der Waals surface area contributed by atoms with Crippen molar-refractivity contribution in [3.63, 3.8) is 0 Å². The molecule has 4 rings (SSSR count). The van der Waals surface area contributed by atoms with E-state index in [0.29, 0.717) is 18.2 Å². The second-order valence-electron chi connectivity index (χ2n) is 6.60. The van der Waals surface area contributed by atoms with E-state index in [2.05, 4.69) is 41.5 Å². The lowest BCUT2D eigenvalue weighted by Crippen LogP contribution is -2.27. The third kappa shape index (κ3) is 3.33. The Hall–Kier alpha value is -2.53. The van der Waals surface area contributed by atoms with E-state index in [0.717, 1.165) is 30.8 Å². The van der Waals surface area contributed by atoms with Crippen LogP contribution in [0, 0.1) is 0 Å². The minimum absolute atomic E-state index is 0.0111. The summed E-state index contributed by atoms with van der Waals surface area (Å²) in [6.07, 6.45) is 2.71. The second-order valence-corrected chi connectivity index (χ2v) is 6.60. The Bertz CT molecular complexity index is 790. The highest BCUT2D eigenvalue weighted by Gasteiger charge is 2.25. The summed E-state index contributed by atoms with van der Waals surface area (Å²) in [5.41, 5.74) is 3.58. The fraction of sp³-hybridized carbons (Fsp3) is 0.350. The summed E-state index contributed by atoms with van der Waals surface area (Å²) in [4.78, 5) is 14.6. The number of anilines is 1. The van der Waals surface area contributed by atoms with Crippen molar-refractivity contribution in [3.05, 3.63) is 53.6 Å². The van der Waals surface area contributed by atoms with Crippen molar-refractivity contribution >= 4 is 11.6 Å². The van der Waals surface area contributed by atoms with Gasteiger partial charge in [0.25, 0.3) is 0 Å². The minimum Gasteiger partial charge on any atom is -0.454 e. The Morgan fingerprint density at radius 2 is 2.04 bits per heavy atom. The number of nitrogens with one attached hydrogen (secondary N) is 1. The maximum Gasteiger partial charge on any atom is 0.231 e. The molecule has 0 spiro atoms. The van der Waals surface area contributed by atoms with E-state index >= 15 is 0 Å². The van der Waals surface area contributed by atoms with Crippen LogP contribution in [0.4, 0.5) is 5.69 Å². The van der Waals surface area contributed by atoms with E-state index in [1.807, 2.05) is 12.1 Å². The number of hydrogen-bond donors (Lipinski definition) is 1. The first kappa shape index (κ1) is 16.0. The van der Waals surface area contributed by atoms with E-state index in [9.17, 15) is 4.79 Å². The topological polar surface area (TPSA) is 50.8 Å². The molecule has 1 atom stereocenters. The largest absolute Gasteiger partial charge is 0.454 e. The number of carbonyl (C=O) groups is 1. The van der Waals surface area contributed by atoms with Crippen LogP contribution in [-0.2, 0) is 11.2 Å². The maximum absolute atomic E-state index is 12.3. The molecule has 1 heterocycles. The van der Waals surface area contributed by atoms with E-state index in [-0.39, 0.29) is 12.7 Å². The van der Waals surface area contributed by atoms with E-state index in [4.69, 9.17) is 9.47 Å². The van der Waals surface area contributed by atoms with E-state index < -0.39 is 0 Å². The molecule has 130 valence electrons. The van der Waals surface area contributed by atoms with Crippen molar-refractivity contribution in [2.24, 2.45) is 0 Å². The molecule has 25 heavy (non-hydrogen) atoms.